The van der Waals surface area contributed by atoms with Gasteiger partial charge in [-0.05, 0) is 34.1 Å². The fraction of sp³-hybridized carbons (Fsp3) is 0.938. The van der Waals surface area contributed by atoms with Crippen LogP contribution in [0.4, 0.5) is 0 Å². The summed E-state index contributed by atoms with van der Waals surface area (Å²) in [6.45, 7) is 15.3. The minimum atomic E-state index is 0. The van der Waals surface area contributed by atoms with Crippen LogP contribution in [0, 0.1) is 0 Å². The molecule has 23 heavy (non-hydrogen) atoms. The van der Waals surface area contributed by atoms with Gasteiger partial charge < -0.3 is 20.1 Å². The number of hydrogen-bond donors (Lipinski definition) is 2. The monoisotopic (exact) mass is 442 g/mol. The molecule has 0 aromatic rings. The Morgan fingerprint density at radius 1 is 1.39 bits per heavy atom. The highest BCUT2D eigenvalue weighted by Gasteiger charge is 2.23. The molecule has 2 unspecified atom stereocenters. The summed E-state index contributed by atoms with van der Waals surface area (Å²) >= 11 is 0. The molecule has 1 heterocycles. The predicted octanol–water partition coefficient (Wildman–Crippen LogP) is 1.70. The highest BCUT2D eigenvalue weighted by atomic mass is 127. The van der Waals surface area contributed by atoms with Gasteiger partial charge in [0.1, 0.15) is 0 Å². The summed E-state index contributed by atoms with van der Waals surface area (Å²) in [5.74, 6) is 0.895. The van der Waals surface area contributed by atoms with Gasteiger partial charge in [-0.2, -0.15) is 0 Å². The maximum atomic E-state index is 5.50. The maximum Gasteiger partial charge on any atom is 0.191 e. The second-order valence-corrected chi connectivity index (χ2v) is 5.71. The molecule has 6 nitrogen and oxygen atoms in total. The second-order valence-electron chi connectivity index (χ2n) is 5.71. The lowest BCUT2D eigenvalue weighted by atomic mass is 10.2. The Kier molecular flexibility index (Phi) is 14.2. The van der Waals surface area contributed by atoms with E-state index in [0.717, 1.165) is 65.0 Å². The molecule has 1 fully saturated rings. The molecule has 0 aromatic carbocycles. The van der Waals surface area contributed by atoms with E-state index in [2.05, 4.69) is 36.3 Å². The Labute approximate surface area is 158 Å². The fourth-order valence-electron chi connectivity index (χ4n) is 2.59. The lowest BCUT2D eigenvalue weighted by Crippen LogP contribution is -2.49. The van der Waals surface area contributed by atoms with Gasteiger partial charge in [-0.3, -0.25) is 9.89 Å². The summed E-state index contributed by atoms with van der Waals surface area (Å²) < 4.78 is 10.8. The van der Waals surface area contributed by atoms with E-state index >= 15 is 0 Å². The summed E-state index contributed by atoms with van der Waals surface area (Å²) in [6, 6.07) is 0.901. The van der Waals surface area contributed by atoms with Crippen LogP contribution in [0.3, 0.4) is 0 Å². The fourth-order valence-corrected chi connectivity index (χ4v) is 2.59. The first-order valence-electron chi connectivity index (χ1n) is 8.62. The van der Waals surface area contributed by atoms with Crippen molar-refractivity contribution in [2.24, 2.45) is 4.99 Å². The molecule has 2 atom stereocenters. The van der Waals surface area contributed by atoms with Crippen LogP contribution in [-0.2, 0) is 9.47 Å². The minimum absolute atomic E-state index is 0. The molecule has 0 aliphatic carbocycles. The molecular weight excluding hydrogens is 407 g/mol. The molecule has 7 heteroatoms. The summed E-state index contributed by atoms with van der Waals surface area (Å²) in [5, 5.41) is 6.66. The number of hydrogen-bond acceptors (Lipinski definition) is 4. The molecule has 0 saturated carbocycles. The highest BCUT2D eigenvalue weighted by Crippen LogP contribution is 2.10. The van der Waals surface area contributed by atoms with E-state index in [1.165, 1.54) is 0 Å². The summed E-state index contributed by atoms with van der Waals surface area (Å²) in [5.41, 5.74) is 0. The third-order valence-electron chi connectivity index (χ3n) is 3.81. The average molecular weight is 442 g/mol. The summed E-state index contributed by atoms with van der Waals surface area (Å²) in [4.78, 5) is 7.19. The van der Waals surface area contributed by atoms with Crippen molar-refractivity contribution in [3.63, 3.8) is 0 Å². The number of nitrogens with zero attached hydrogens (tertiary/aromatic N) is 2. The van der Waals surface area contributed by atoms with Crippen molar-refractivity contribution < 1.29 is 9.47 Å². The predicted molar refractivity (Wildman–Crippen MR) is 107 cm³/mol. The zero-order chi connectivity index (χ0) is 16.2. The molecule has 2 N–H and O–H groups in total. The number of morpholine rings is 1. The molecule has 1 aliphatic rings. The van der Waals surface area contributed by atoms with E-state index in [-0.39, 0.29) is 24.0 Å². The van der Waals surface area contributed by atoms with Crippen LogP contribution in [0.2, 0.25) is 0 Å². The van der Waals surface area contributed by atoms with Gasteiger partial charge in [0.25, 0.3) is 0 Å². The van der Waals surface area contributed by atoms with E-state index in [4.69, 9.17) is 14.5 Å². The minimum Gasteiger partial charge on any atom is -0.382 e. The molecule has 1 saturated heterocycles. The largest absolute Gasteiger partial charge is 0.382 e. The number of nitrogens with one attached hydrogen (secondary N) is 2. The van der Waals surface area contributed by atoms with Crippen LogP contribution in [-0.4, -0.2) is 75.5 Å². The Balaban J connectivity index is 0.00000484. The number of ether oxygens (including phenoxy) is 2. The Morgan fingerprint density at radius 2 is 2.17 bits per heavy atom. The average Bonchev–Trinajstić information content (AvgIpc) is 2.52. The third-order valence-corrected chi connectivity index (χ3v) is 3.81. The zero-order valence-electron chi connectivity index (χ0n) is 15.1. The molecule has 0 radical (unpaired) electrons. The van der Waals surface area contributed by atoms with Crippen LogP contribution < -0.4 is 10.6 Å². The van der Waals surface area contributed by atoms with E-state index in [9.17, 15) is 0 Å². The van der Waals surface area contributed by atoms with E-state index in [1.807, 2.05) is 6.92 Å². The molecule has 1 rings (SSSR count). The molecule has 0 aromatic heterocycles. The third kappa shape index (κ3) is 9.69. The lowest BCUT2D eigenvalue weighted by molar-refractivity contribution is -0.0165. The second kappa shape index (κ2) is 14.2. The van der Waals surface area contributed by atoms with Crippen molar-refractivity contribution in [3.05, 3.63) is 0 Å². The maximum absolute atomic E-state index is 5.50. The van der Waals surface area contributed by atoms with Gasteiger partial charge in [0.15, 0.2) is 5.96 Å². The van der Waals surface area contributed by atoms with Crippen LogP contribution in [0.25, 0.3) is 0 Å². The van der Waals surface area contributed by atoms with Crippen molar-refractivity contribution in [3.8, 4) is 0 Å². The number of aliphatic imine (C=N–C) groups is 1. The van der Waals surface area contributed by atoms with Gasteiger partial charge in [0.2, 0.25) is 0 Å². The van der Waals surface area contributed by atoms with Gasteiger partial charge in [0, 0.05) is 44.9 Å². The van der Waals surface area contributed by atoms with Gasteiger partial charge in [0.05, 0.1) is 19.8 Å². The number of rotatable bonds is 9. The normalized spacial score (nSPS) is 20.7. The molecule has 138 valence electrons. The highest BCUT2D eigenvalue weighted by molar-refractivity contribution is 14.0. The van der Waals surface area contributed by atoms with Crippen molar-refractivity contribution in [1.29, 1.82) is 0 Å². The Morgan fingerprint density at radius 3 is 2.83 bits per heavy atom. The molecule has 0 bridgehead atoms. The quantitative estimate of drug-likeness (QED) is 0.247. The molecule has 0 amide bonds. The van der Waals surface area contributed by atoms with E-state index < -0.39 is 0 Å². The first-order chi connectivity index (χ1) is 10.7. The molecule has 0 spiro atoms. The lowest BCUT2D eigenvalue weighted by Gasteiger charge is -2.37. The Hall–Kier alpha value is -0.120. The van der Waals surface area contributed by atoms with Crippen molar-refractivity contribution in [1.82, 2.24) is 15.5 Å². The standard InChI is InChI=1S/C16H34N4O2.HI/c1-5-17-16(18-8-7-10-21-6-2)19-12-14(3)20-9-11-22-13-15(20)4;/h14-15H,5-13H2,1-4H3,(H2,17,18,19);1H. The topological polar surface area (TPSA) is 58.1 Å². The van der Waals surface area contributed by atoms with Gasteiger partial charge in [-0.25, -0.2) is 0 Å². The smallest absolute Gasteiger partial charge is 0.191 e. The summed E-state index contributed by atoms with van der Waals surface area (Å²) in [7, 11) is 0. The molecular formula is C16H35IN4O2. The molecule has 1 aliphatic heterocycles. The van der Waals surface area contributed by atoms with Crippen molar-refractivity contribution in [2.45, 2.75) is 46.2 Å². The number of guanidine groups is 1. The van der Waals surface area contributed by atoms with Crippen LogP contribution in [0.1, 0.15) is 34.1 Å². The summed E-state index contributed by atoms with van der Waals surface area (Å²) in [6.07, 6.45) is 0.994. The van der Waals surface area contributed by atoms with E-state index in [0.29, 0.717) is 12.1 Å². The first-order valence-corrected chi connectivity index (χ1v) is 8.62. The zero-order valence-corrected chi connectivity index (χ0v) is 17.5. The Bertz CT molecular complexity index is 318. The van der Waals surface area contributed by atoms with Crippen molar-refractivity contribution in [2.75, 3.05) is 52.6 Å². The van der Waals surface area contributed by atoms with Crippen molar-refractivity contribution >= 4 is 29.9 Å². The van der Waals surface area contributed by atoms with Gasteiger partial charge in [-0.1, -0.05) is 0 Å². The van der Waals surface area contributed by atoms with E-state index in [1.54, 1.807) is 0 Å². The van der Waals surface area contributed by atoms with Crippen LogP contribution in [0.15, 0.2) is 4.99 Å². The van der Waals surface area contributed by atoms with Gasteiger partial charge in [-0.15, -0.1) is 24.0 Å². The van der Waals surface area contributed by atoms with Crippen LogP contribution >= 0.6 is 24.0 Å². The number of halogens is 1. The SMILES string of the molecule is CCNC(=NCC(C)N1CCOCC1C)NCCCOCC.I. The van der Waals surface area contributed by atoms with Crippen LogP contribution in [0.5, 0.6) is 0 Å². The first kappa shape index (κ1) is 22.9. The van der Waals surface area contributed by atoms with Gasteiger partial charge >= 0.3 is 0 Å².